The molecule has 4 aliphatic rings. The summed E-state index contributed by atoms with van der Waals surface area (Å²) in [5.74, 6) is -0.711. The van der Waals surface area contributed by atoms with E-state index in [0.717, 1.165) is 33.4 Å². The molecular weight excluding hydrogens is 790 g/mol. The highest BCUT2D eigenvalue weighted by molar-refractivity contribution is 7.18. The number of ether oxygens (including phenoxy) is 2. The van der Waals surface area contributed by atoms with Crippen molar-refractivity contribution >= 4 is 74.8 Å². The van der Waals surface area contributed by atoms with Crippen LogP contribution in [0.25, 0.3) is 44.4 Å². The molecule has 0 saturated carbocycles. The second-order valence-electron chi connectivity index (χ2n) is 16.4. The van der Waals surface area contributed by atoms with Gasteiger partial charge in [-0.25, -0.2) is 9.97 Å². The van der Waals surface area contributed by atoms with E-state index in [-0.39, 0.29) is 24.8 Å². The van der Waals surface area contributed by atoms with Crippen molar-refractivity contribution in [2.24, 2.45) is 31.9 Å². The molecule has 312 valence electrons. The van der Waals surface area contributed by atoms with E-state index in [4.69, 9.17) is 30.9 Å². The highest BCUT2D eigenvalue weighted by Gasteiger charge is 2.61. The molecule has 3 aromatic rings. The quantitative estimate of drug-likeness (QED) is 0.111. The maximum atomic E-state index is 12.5. The molecule has 0 radical (unpaired) electrons. The zero-order valence-corrected chi connectivity index (χ0v) is 37.0. The summed E-state index contributed by atoms with van der Waals surface area (Å²) in [4.78, 5) is 42.4. The summed E-state index contributed by atoms with van der Waals surface area (Å²) < 4.78 is 10.0. The van der Waals surface area contributed by atoms with Gasteiger partial charge in [-0.3, -0.25) is 9.59 Å². The summed E-state index contributed by atoms with van der Waals surface area (Å²) in [6.07, 6.45) is 0.965. The largest absolute Gasteiger partial charge is 0.469 e. The predicted molar refractivity (Wildman–Crippen MR) is 232 cm³/mol. The summed E-state index contributed by atoms with van der Waals surface area (Å²) in [6.45, 7) is 13.2. The highest BCUT2D eigenvalue weighted by atomic mass is 31.0. The summed E-state index contributed by atoms with van der Waals surface area (Å²) in [6, 6.07) is 6.77. The van der Waals surface area contributed by atoms with Crippen LogP contribution in [0.2, 0.25) is 0 Å². The first-order chi connectivity index (χ1) is 27.5. The first kappa shape index (κ1) is 42.6. The molecule has 0 aliphatic carbocycles. The van der Waals surface area contributed by atoms with Gasteiger partial charge in [0.15, 0.2) is 0 Å². The summed E-state index contributed by atoms with van der Waals surface area (Å²) in [5.41, 5.74) is 18.0. The fourth-order valence-electron chi connectivity index (χ4n) is 8.65. The van der Waals surface area contributed by atoms with Gasteiger partial charge in [0.1, 0.15) is 11.1 Å². The molecule has 8 N–H and O–H groups in total. The fourth-order valence-corrected chi connectivity index (χ4v) is 9.37. The normalized spacial score (nSPS) is 28.9. The van der Waals surface area contributed by atoms with E-state index in [0.29, 0.717) is 68.8 Å². The lowest BCUT2D eigenvalue weighted by molar-refractivity contribution is -0.141. The molecule has 0 fully saturated rings. The van der Waals surface area contributed by atoms with Crippen LogP contribution in [0.5, 0.6) is 0 Å². The number of nitrogens with one attached hydrogen (secondary N) is 2. The number of fused-ring (bicyclic) bond motifs is 8. The number of carbonyl (C=O) groups is 2. The van der Waals surface area contributed by atoms with Crippen molar-refractivity contribution in [2.45, 2.75) is 108 Å². The van der Waals surface area contributed by atoms with Gasteiger partial charge in [0, 0.05) is 46.0 Å². The van der Waals surface area contributed by atoms with E-state index in [9.17, 15) is 19.8 Å². The molecule has 16 nitrogen and oxygen atoms in total. The number of hydrogen-bond acceptors (Lipinski definition) is 14. The lowest BCUT2D eigenvalue weighted by Gasteiger charge is -2.40. The predicted octanol–water partition coefficient (Wildman–Crippen LogP) is 6.15. The lowest BCUT2D eigenvalue weighted by atomic mass is 9.74. The van der Waals surface area contributed by atoms with Crippen molar-refractivity contribution in [2.75, 3.05) is 14.2 Å². The Morgan fingerprint density at radius 1 is 0.712 bits per heavy atom. The summed E-state index contributed by atoms with van der Waals surface area (Å²) >= 11 is 0. The van der Waals surface area contributed by atoms with Gasteiger partial charge in [-0.05, 0) is 119 Å². The van der Waals surface area contributed by atoms with Gasteiger partial charge in [-0.15, -0.1) is 0 Å². The molecule has 0 saturated heterocycles. The molecular formula is C41H52N10O6P2. The van der Waals surface area contributed by atoms with Gasteiger partial charge in [-0.1, -0.05) is 18.5 Å². The van der Waals surface area contributed by atoms with Crippen LogP contribution >= 0.6 is 18.5 Å². The van der Waals surface area contributed by atoms with Crippen LogP contribution in [0.15, 0.2) is 44.7 Å². The van der Waals surface area contributed by atoms with Gasteiger partial charge < -0.3 is 41.1 Å². The van der Waals surface area contributed by atoms with Crippen molar-refractivity contribution in [3.8, 4) is 0 Å². The van der Waals surface area contributed by atoms with Crippen LogP contribution in [0.1, 0.15) is 105 Å². The van der Waals surface area contributed by atoms with E-state index in [1.54, 1.807) is 6.92 Å². The molecule has 3 aromatic heterocycles. The SMILES string of the molecule is COC(=O)CCC1=C(C)c2cc3[nH]c(cc4[nH]c(cc5nc(cc1n2)C(CCC(=O)OC)=C5C)c([C@@]1(C)N=N[C@](O)(P)[C@H]1N)c4C)c([C@@]1(C)N=N[C@](O)(P)[C@@]1(C)N)c3C. The Hall–Kier alpha value is -4.56. The third-order valence-corrected chi connectivity index (χ3v) is 14.0. The Morgan fingerprint density at radius 3 is 1.64 bits per heavy atom. The number of carbonyl (C=O) groups excluding carboxylic acids is 2. The number of aromatic amines is 2. The number of hydrogen-bond donors (Lipinski definition) is 6. The molecule has 0 aromatic carbocycles. The van der Waals surface area contributed by atoms with E-state index in [1.165, 1.54) is 14.2 Å². The second-order valence-corrected chi connectivity index (χ2v) is 18.1. The number of rotatable bonds is 8. The molecule has 2 unspecified atom stereocenters. The summed E-state index contributed by atoms with van der Waals surface area (Å²) in [7, 11) is 7.36. The molecule has 0 amide bonds. The maximum absolute atomic E-state index is 12.5. The third-order valence-electron chi connectivity index (χ3n) is 12.8. The van der Waals surface area contributed by atoms with Gasteiger partial charge in [0.05, 0.1) is 48.6 Å². The van der Waals surface area contributed by atoms with Crippen molar-refractivity contribution in [1.82, 2.24) is 19.9 Å². The fraction of sp³-hybridized carbons (Fsp3) is 0.463. The third kappa shape index (κ3) is 6.68. The minimum atomic E-state index is -1.76. The number of nitrogens with two attached hydrogens (primary N) is 2. The van der Waals surface area contributed by atoms with Gasteiger partial charge in [0.25, 0.3) is 0 Å². The van der Waals surface area contributed by atoms with Gasteiger partial charge in [-0.2, -0.15) is 20.5 Å². The van der Waals surface area contributed by atoms with Crippen LogP contribution in [-0.4, -0.2) is 78.8 Å². The van der Waals surface area contributed by atoms with Crippen LogP contribution in [0.4, 0.5) is 0 Å². The Kier molecular flexibility index (Phi) is 10.5. The topological polar surface area (TPSA) is 252 Å². The molecule has 4 aliphatic heterocycles. The molecule has 8 atom stereocenters. The number of azo groups is 2. The van der Waals surface area contributed by atoms with Crippen molar-refractivity contribution in [1.29, 1.82) is 0 Å². The van der Waals surface area contributed by atoms with Crippen LogP contribution in [0, 0.1) is 13.8 Å². The molecule has 18 heteroatoms. The minimum absolute atomic E-state index is 0.127. The Bertz CT molecular complexity index is 2620. The average molecular weight is 843 g/mol. The van der Waals surface area contributed by atoms with Crippen molar-refractivity contribution < 1.29 is 29.3 Å². The van der Waals surface area contributed by atoms with Crippen LogP contribution in [0.3, 0.4) is 0 Å². The maximum Gasteiger partial charge on any atom is 0.305 e. The smallest absolute Gasteiger partial charge is 0.305 e. The average Bonchev–Trinajstić information content (AvgIpc) is 3.93. The number of aryl methyl sites for hydroxylation is 2. The number of allylic oxidation sites excluding steroid dienone is 4. The Morgan fingerprint density at radius 2 is 1.19 bits per heavy atom. The number of methoxy groups -OCH3 is 2. The zero-order valence-electron chi connectivity index (χ0n) is 34.7. The molecule has 7 heterocycles. The second kappa shape index (κ2) is 14.6. The zero-order chi connectivity index (χ0) is 43.2. The van der Waals surface area contributed by atoms with Gasteiger partial charge in [0.2, 0.25) is 10.9 Å². The molecule has 0 spiro atoms. The van der Waals surface area contributed by atoms with Crippen LogP contribution in [-0.2, 0) is 30.1 Å². The number of H-pyrrole nitrogens is 2. The lowest BCUT2D eigenvalue weighted by Crippen LogP contribution is -2.61. The molecule has 7 rings (SSSR count). The van der Waals surface area contributed by atoms with Gasteiger partial charge >= 0.3 is 11.9 Å². The van der Waals surface area contributed by atoms with E-state index in [2.05, 4.69) is 48.9 Å². The van der Waals surface area contributed by atoms with Crippen LogP contribution < -0.4 is 11.5 Å². The summed E-state index contributed by atoms with van der Waals surface area (Å²) in [5, 5.41) is 40.2. The standard InChI is InChI=1S/C41H52N10O6P2/c1-18-22(10-12-32(52)56-8)28-17-29-23(11-13-33(53)57-9)19(2)25(45-29)15-30-34(37(5)36(42)40(54,58)50-48-37)20(3)27(46-30)16-31-35(21(4)26(47-31)14-24(18)44-28)38(6)39(7,43)41(55,59)51-49-38/h14-17,36,46-47,54-55H,10-13,42-43,58-59H2,1-9H3/t36-,37+,38+,39-,40+,41+/m0/s1. The van der Waals surface area contributed by atoms with E-state index < -0.39 is 33.6 Å². The highest BCUT2D eigenvalue weighted by Crippen LogP contribution is 2.53. The van der Waals surface area contributed by atoms with Crippen molar-refractivity contribution in [3.05, 3.63) is 69.3 Å². The van der Waals surface area contributed by atoms with E-state index >= 15 is 0 Å². The first-order valence-corrected chi connectivity index (χ1v) is 20.4. The Balaban J connectivity index is 1.64. The van der Waals surface area contributed by atoms with Crippen molar-refractivity contribution in [3.63, 3.8) is 0 Å². The van der Waals surface area contributed by atoms with E-state index in [1.807, 2.05) is 65.8 Å². The molecule has 59 heavy (non-hydrogen) atoms. The number of aromatic nitrogens is 4. The first-order valence-electron chi connectivity index (χ1n) is 19.3. The monoisotopic (exact) mass is 842 g/mol. The number of esters is 2. The Labute approximate surface area is 346 Å². The number of aliphatic hydroxyl groups is 2. The minimum Gasteiger partial charge on any atom is -0.469 e. The number of nitrogens with zero attached hydrogens (tertiary/aromatic N) is 6. The molecule has 8 bridgehead atoms.